The van der Waals surface area contributed by atoms with Gasteiger partial charge in [0.05, 0.1) is 22.7 Å². The molecule has 0 atom stereocenters. The van der Waals surface area contributed by atoms with Crippen LogP contribution in [-0.4, -0.2) is 39.6 Å². The third-order valence-electron chi connectivity index (χ3n) is 4.30. The van der Waals surface area contributed by atoms with Crippen molar-refractivity contribution in [3.8, 4) is 0 Å². The lowest BCUT2D eigenvalue weighted by atomic mass is 10.2. The molecule has 0 saturated heterocycles. The molecule has 1 heterocycles. The second-order valence-electron chi connectivity index (χ2n) is 6.73. The summed E-state index contributed by atoms with van der Waals surface area (Å²) in [5.41, 5.74) is 2.74. The molecule has 0 aliphatic carbocycles. The summed E-state index contributed by atoms with van der Waals surface area (Å²) in [6, 6.07) is 13.2. The lowest BCUT2D eigenvalue weighted by Crippen LogP contribution is -2.09. The highest BCUT2D eigenvalue weighted by molar-refractivity contribution is 7.98. The second-order valence-corrected chi connectivity index (χ2v) is 7.61. The van der Waals surface area contributed by atoms with Crippen molar-refractivity contribution in [2.24, 2.45) is 0 Å². The number of aryl methyl sites for hydroxylation is 1. The fourth-order valence-electron chi connectivity index (χ4n) is 2.96. The van der Waals surface area contributed by atoms with Crippen molar-refractivity contribution in [3.63, 3.8) is 0 Å². The van der Waals surface area contributed by atoms with Gasteiger partial charge in [-0.15, -0.1) is 11.8 Å². The van der Waals surface area contributed by atoms with Crippen molar-refractivity contribution in [1.82, 2.24) is 9.55 Å². The van der Waals surface area contributed by atoms with Gasteiger partial charge in [-0.2, -0.15) is 0 Å². The largest absolute Gasteiger partial charge is 0.478 e. The van der Waals surface area contributed by atoms with Gasteiger partial charge in [0.2, 0.25) is 5.95 Å². The Labute approximate surface area is 168 Å². The molecule has 28 heavy (non-hydrogen) atoms. The predicted octanol–water partition coefficient (Wildman–Crippen LogP) is 5.02. The van der Waals surface area contributed by atoms with Crippen LogP contribution < -0.4 is 5.32 Å². The zero-order chi connectivity index (χ0) is 20.1. The average Bonchev–Trinajstić information content (AvgIpc) is 3.01. The number of ether oxygens (including phenoxy) is 1. The lowest BCUT2D eigenvalue weighted by Gasteiger charge is -2.12. The summed E-state index contributed by atoms with van der Waals surface area (Å²) in [4.78, 5) is 17.1. The maximum atomic E-state index is 11.3. The molecule has 0 fully saturated rings. The minimum absolute atomic E-state index is 0.199. The Morgan fingerprint density at radius 1 is 1.29 bits per heavy atom. The van der Waals surface area contributed by atoms with E-state index in [-0.39, 0.29) is 11.7 Å². The van der Waals surface area contributed by atoms with Gasteiger partial charge in [0, 0.05) is 23.7 Å². The topological polar surface area (TPSA) is 76.4 Å². The van der Waals surface area contributed by atoms with Crippen LogP contribution in [0, 0.1) is 0 Å². The summed E-state index contributed by atoms with van der Waals surface area (Å²) in [5.74, 6) is -0.260. The molecule has 148 valence electrons. The van der Waals surface area contributed by atoms with Gasteiger partial charge in [0.25, 0.3) is 0 Å². The fraction of sp³-hybridized carbons (Fsp3) is 0.333. The molecule has 6 nitrogen and oxygen atoms in total. The van der Waals surface area contributed by atoms with E-state index in [1.54, 1.807) is 23.9 Å². The number of carboxylic acids is 1. The highest BCUT2D eigenvalue weighted by Gasteiger charge is 2.14. The number of anilines is 2. The Bertz CT molecular complexity index is 969. The molecule has 0 aliphatic heterocycles. The number of hydrogen-bond donors (Lipinski definition) is 2. The van der Waals surface area contributed by atoms with E-state index in [4.69, 9.17) is 4.74 Å². The van der Waals surface area contributed by atoms with Gasteiger partial charge in [0.1, 0.15) is 0 Å². The van der Waals surface area contributed by atoms with E-state index in [1.165, 1.54) is 0 Å². The van der Waals surface area contributed by atoms with Crippen molar-refractivity contribution in [2.75, 3.05) is 18.2 Å². The molecule has 0 bridgehead atoms. The summed E-state index contributed by atoms with van der Waals surface area (Å²) in [6.45, 7) is 5.42. The second kappa shape index (κ2) is 9.12. The number of fused-ring (bicyclic) bond motifs is 1. The first kappa shape index (κ1) is 20.2. The highest BCUT2D eigenvalue weighted by atomic mass is 32.2. The summed E-state index contributed by atoms with van der Waals surface area (Å²) in [7, 11) is 0. The molecular formula is C21H25N3O3S. The first-order valence-electron chi connectivity index (χ1n) is 9.24. The Morgan fingerprint density at radius 2 is 2.11 bits per heavy atom. The smallest absolute Gasteiger partial charge is 0.335 e. The Kier molecular flexibility index (Phi) is 6.59. The number of benzene rings is 2. The molecule has 2 aromatic carbocycles. The number of imidazole rings is 1. The van der Waals surface area contributed by atoms with E-state index in [2.05, 4.69) is 27.0 Å². The summed E-state index contributed by atoms with van der Waals surface area (Å²) in [6.07, 6.45) is 3.07. The monoisotopic (exact) mass is 399 g/mol. The van der Waals surface area contributed by atoms with Gasteiger partial charge in [-0.25, -0.2) is 9.78 Å². The SMILES string of the molecule is CSc1cccc(Nc2nc3cc(C(=O)O)ccc3n2CCCOC(C)C)c1. The molecule has 0 unspecified atom stereocenters. The number of aromatic nitrogens is 2. The molecule has 0 amide bonds. The van der Waals surface area contributed by atoms with Crippen molar-refractivity contribution in [2.45, 2.75) is 37.8 Å². The van der Waals surface area contributed by atoms with Gasteiger partial charge >= 0.3 is 5.97 Å². The van der Waals surface area contributed by atoms with Crippen LogP contribution in [0.1, 0.15) is 30.6 Å². The van der Waals surface area contributed by atoms with E-state index in [9.17, 15) is 9.90 Å². The third kappa shape index (κ3) is 4.85. The number of carboxylic acid groups (broad SMARTS) is 1. The highest BCUT2D eigenvalue weighted by Crippen LogP contribution is 2.26. The Morgan fingerprint density at radius 3 is 2.82 bits per heavy atom. The van der Waals surface area contributed by atoms with Crippen molar-refractivity contribution in [1.29, 1.82) is 0 Å². The van der Waals surface area contributed by atoms with E-state index in [0.717, 1.165) is 29.1 Å². The van der Waals surface area contributed by atoms with Crippen LogP contribution in [0.5, 0.6) is 0 Å². The number of rotatable bonds is 9. The van der Waals surface area contributed by atoms with Gasteiger partial charge < -0.3 is 19.7 Å². The standard InChI is InChI=1S/C21H25N3O3S/c1-14(2)27-11-5-10-24-19-9-8-15(20(25)26)12-18(19)23-21(24)22-16-6-4-7-17(13-16)28-3/h4,6-9,12-14H,5,10-11H2,1-3H3,(H,22,23)(H,25,26). The summed E-state index contributed by atoms with van der Waals surface area (Å²) < 4.78 is 7.74. The number of nitrogens with one attached hydrogen (secondary N) is 1. The van der Waals surface area contributed by atoms with E-state index < -0.39 is 5.97 Å². The van der Waals surface area contributed by atoms with E-state index in [1.807, 2.05) is 38.3 Å². The van der Waals surface area contributed by atoms with Crippen LogP contribution in [0.3, 0.4) is 0 Å². The Hall–Kier alpha value is -2.51. The third-order valence-corrected chi connectivity index (χ3v) is 5.02. The minimum Gasteiger partial charge on any atom is -0.478 e. The quantitative estimate of drug-likeness (QED) is 0.389. The van der Waals surface area contributed by atoms with Crippen LogP contribution in [0.15, 0.2) is 47.4 Å². The van der Waals surface area contributed by atoms with Crippen LogP contribution in [0.4, 0.5) is 11.6 Å². The Balaban J connectivity index is 1.93. The zero-order valence-corrected chi connectivity index (χ0v) is 17.1. The maximum Gasteiger partial charge on any atom is 0.335 e. The van der Waals surface area contributed by atoms with Gasteiger partial charge in [-0.3, -0.25) is 0 Å². The lowest BCUT2D eigenvalue weighted by molar-refractivity contribution is 0.0696. The molecular weight excluding hydrogens is 374 g/mol. The molecule has 0 saturated carbocycles. The van der Waals surface area contributed by atoms with Crippen molar-refractivity contribution in [3.05, 3.63) is 48.0 Å². The van der Waals surface area contributed by atoms with Gasteiger partial charge in [-0.1, -0.05) is 6.07 Å². The molecule has 3 aromatic rings. The van der Waals surface area contributed by atoms with Crippen LogP contribution in [-0.2, 0) is 11.3 Å². The van der Waals surface area contributed by atoms with Crippen LogP contribution >= 0.6 is 11.8 Å². The van der Waals surface area contributed by atoms with E-state index in [0.29, 0.717) is 18.1 Å². The normalized spacial score (nSPS) is 11.3. The molecule has 1 aromatic heterocycles. The van der Waals surface area contributed by atoms with Crippen molar-refractivity contribution >= 4 is 40.4 Å². The van der Waals surface area contributed by atoms with Crippen molar-refractivity contribution < 1.29 is 14.6 Å². The molecule has 7 heteroatoms. The number of nitrogens with zero attached hydrogens (tertiary/aromatic N) is 2. The average molecular weight is 400 g/mol. The predicted molar refractivity (Wildman–Crippen MR) is 114 cm³/mol. The molecule has 2 N–H and O–H groups in total. The fourth-order valence-corrected chi connectivity index (χ4v) is 3.42. The van der Waals surface area contributed by atoms with Gasteiger partial charge in [0.15, 0.2) is 0 Å². The number of hydrogen-bond acceptors (Lipinski definition) is 5. The van der Waals surface area contributed by atoms with Crippen LogP contribution in [0.25, 0.3) is 11.0 Å². The number of carbonyl (C=O) groups is 1. The molecule has 0 radical (unpaired) electrons. The molecule has 3 rings (SSSR count). The maximum absolute atomic E-state index is 11.3. The van der Waals surface area contributed by atoms with Gasteiger partial charge in [-0.05, 0) is 62.9 Å². The zero-order valence-electron chi connectivity index (χ0n) is 16.3. The van der Waals surface area contributed by atoms with E-state index >= 15 is 0 Å². The first-order valence-corrected chi connectivity index (χ1v) is 10.5. The van der Waals surface area contributed by atoms with Crippen LogP contribution in [0.2, 0.25) is 0 Å². The molecule has 0 spiro atoms. The minimum atomic E-state index is -0.955. The molecule has 0 aliphatic rings. The first-order chi connectivity index (χ1) is 13.5. The summed E-state index contributed by atoms with van der Waals surface area (Å²) in [5, 5.41) is 12.7. The number of thioether (sulfide) groups is 1. The summed E-state index contributed by atoms with van der Waals surface area (Å²) >= 11 is 1.68. The number of aromatic carboxylic acids is 1.